The molecule has 1 N–H and O–H groups in total. The molecule has 5 heteroatoms. The smallest absolute Gasteiger partial charge is 0.310 e. The van der Waals surface area contributed by atoms with Crippen molar-refractivity contribution in [3.05, 3.63) is 34.9 Å². The highest BCUT2D eigenvalue weighted by Gasteiger charge is 2.31. The van der Waals surface area contributed by atoms with Crippen LogP contribution in [-0.2, 0) is 6.18 Å². The van der Waals surface area contributed by atoms with E-state index in [4.69, 9.17) is 0 Å². The summed E-state index contributed by atoms with van der Waals surface area (Å²) >= 11 is 1.81. The highest BCUT2D eigenvalue weighted by atomic mass is 32.2. The monoisotopic (exact) mass is 305 g/mol. The minimum atomic E-state index is -4.27. The minimum absolute atomic E-state index is 0.0923. The number of nitrogens with one attached hydrogen (secondary N) is 1. The van der Waals surface area contributed by atoms with Crippen LogP contribution in [0.25, 0.3) is 0 Å². The first-order valence-corrected chi connectivity index (χ1v) is 7.83. The van der Waals surface area contributed by atoms with E-state index in [9.17, 15) is 13.2 Å². The topological polar surface area (TPSA) is 12.0 Å². The molecule has 1 nitrogen and oxygen atoms in total. The number of aryl methyl sites for hydroxylation is 1. The van der Waals surface area contributed by atoms with Gasteiger partial charge in [-0.1, -0.05) is 26.8 Å². The van der Waals surface area contributed by atoms with Crippen LogP contribution < -0.4 is 5.32 Å². The second-order valence-corrected chi connectivity index (χ2v) is 6.67. The molecule has 1 rings (SSSR count). The summed E-state index contributed by atoms with van der Waals surface area (Å²) in [6.07, 6.45) is -4.27. The molecule has 0 radical (unpaired) electrons. The molecular formula is C15H22F3NS. The molecule has 0 bridgehead atoms. The van der Waals surface area contributed by atoms with Crippen molar-refractivity contribution in [3.8, 4) is 0 Å². The molecule has 0 saturated heterocycles. The first kappa shape index (κ1) is 17.4. The van der Waals surface area contributed by atoms with Gasteiger partial charge in [0.05, 0.1) is 5.56 Å². The fourth-order valence-electron chi connectivity index (χ4n) is 2.04. The molecule has 0 aromatic heterocycles. The van der Waals surface area contributed by atoms with Crippen molar-refractivity contribution in [1.82, 2.24) is 5.32 Å². The molecule has 0 heterocycles. The fourth-order valence-corrected chi connectivity index (χ4v) is 2.91. The summed E-state index contributed by atoms with van der Waals surface area (Å²) in [5.74, 6) is 0.859. The Balaban J connectivity index is 2.96. The number of hydrogen-bond donors (Lipinski definition) is 1. The molecule has 0 amide bonds. The molecule has 20 heavy (non-hydrogen) atoms. The third-order valence-electron chi connectivity index (χ3n) is 3.02. The van der Waals surface area contributed by atoms with Crippen molar-refractivity contribution in [2.75, 3.05) is 12.3 Å². The Labute approximate surface area is 123 Å². The zero-order valence-electron chi connectivity index (χ0n) is 12.3. The summed E-state index contributed by atoms with van der Waals surface area (Å²) < 4.78 is 38.0. The lowest BCUT2D eigenvalue weighted by Gasteiger charge is -2.22. The molecule has 1 atom stereocenters. The number of rotatable bonds is 6. The molecular weight excluding hydrogens is 283 g/mol. The van der Waals surface area contributed by atoms with E-state index < -0.39 is 11.7 Å². The van der Waals surface area contributed by atoms with E-state index in [0.29, 0.717) is 10.8 Å². The van der Waals surface area contributed by atoms with E-state index in [2.05, 4.69) is 19.2 Å². The van der Waals surface area contributed by atoms with Gasteiger partial charge in [-0.3, -0.25) is 0 Å². The van der Waals surface area contributed by atoms with Crippen LogP contribution in [0, 0.1) is 6.92 Å². The van der Waals surface area contributed by atoms with Crippen LogP contribution in [-0.4, -0.2) is 17.5 Å². The van der Waals surface area contributed by atoms with Gasteiger partial charge in [-0.25, -0.2) is 0 Å². The summed E-state index contributed by atoms with van der Waals surface area (Å²) in [6.45, 7) is 8.78. The first-order valence-electron chi connectivity index (χ1n) is 6.78. The van der Waals surface area contributed by atoms with Crippen molar-refractivity contribution in [2.45, 2.75) is 45.2 Å². The van der Waals surface area contributed by atoms with Crippen LogP contribution in [0.5, 0.6) is 0 Å². The van der Waals surface area contributed by atoms with Crippen LogP contribution in [0.1, 0.15) is 43.5 Å². The summed E-state index contributed by atoms with van der Waals surface area (Å²) in [5.41, 5.74) is 1.06. The lowest BCUT2D eigenvalue weighted by Crippen LogP contribution is -2.24. The summed E-state index contributed by atoms with van der Waals surface area (Å²) in [4.78, 5) is 0. The Morgan fingerprint density at radius 3 is 2.35 bits per heavy atom. The molecule has 0 spiro atoms. The fraction of sp³-hybridized carbons (Fsp3) is 0.600. The maximum Gasteiger partial charge on any atom is 0.416 e. The Hall–Kier alpha value is -0.680. The van der Waals surface area contributed by atoms with Crippen molar-refractivity contribution in [3.63, 3.8) is 0 Å². The molecule has 0 fully saturated rings. The maximum absolute atomic E-state index is 12.7. The number of alkyl halides is 3. The third-order valence-corrected chi connectivity index (χ3v) is 4.21. The van der Waals surface area contributed by atoms with Crippen LogP contribution >= 0.6 is 11.8 Å². The predicted octanol–water partition coefficient (Wildman–Crippen LogP) is 4.81. The van der Waals surface area contributed by atoms with Crippen molar-refractivity contribution >= 4 is 11.8 Å². The average molecular weight is 305 g/mol. The molecule has 1 aromatic carbocycles. The SMILES string of the molecule is CCNC(CSC(C)C)c1ccc(C(F)(F)F)cc1C. The van der Waals surface area contributed by atoms with Crippen molar-refractivity contribution in [2.24, 2.45) is 0 Å². The van der Waals surface area contributed by atoms with E-state index in [0.717, 1.165) is 17.9 Å². The average Bonchev–Trinajstić information content (AvgIpc) is 2.33. The van der Waals surface area contributed by atoms with Crippen LogP contribution in [0.3, 0.4) is 0 Å². The van der Waals surface area contributed by atoms with E-state index in [1.165, 1.54) is 12.1 Å². The van der Waals surface area contributed by atoms with Gasteiger partial charge < -0.3 is 5.32 Å². The third kappa shape index (κ3) is 5.02. The van der Waals surface area contributed by atoms with Gasteiger partial charge >= 0.3 is 6.18 Å². The van der Waals surface area contributed by atoms with E-state index >= 15 is 0 Å². The molecule has 114 valence electrons. The Morgan fingerprint density at radius 1 is 1.25 bits per heavy atom. The minimum Gasteiger partial charge on any atom is -0.310 e. The molecule has 0 aliphatic carbocycles. The largest absolute Gasteiger partial charge is 0.416 e. The number of halogens is 3. The normalized spacial score (nSPS) is 13.8. The predicted molar refractivity (Wildman–Crippen MR) is 80.2 cm³/mol. The van der Waals surface area contributed by atoms with Gasteiger partial charge in [0, 0.05) is 11.8 Å². The lowest BCUT2D eigenvalue weighted by atomic mass is 9.99. The van der Waals surface area contributed by atoms with Gasteiger partial charge in [0.15, 0.2) is 0 Å². The number of thioether (sulfide) groups is 1. The molecule has 1 aromatic rings. The van der Waals surface area contributed by atoms with E-state index in [-0.39, 0.29) is 6.04 Å². The number of hydrogen-bond acceptors (Lipinski definition) is 2. The van der Waals surface area contributed by atoms with Gasteiger partial charge in [0.25, 0.3) is 0 Å². The molecule has 0 aliphatic heterocycles. The molecule has 1 unspecified atom stereocenters. The van der Waals surface area contributed by atoms with Crippen molar-refractivity contribution < 1.29 is 13.2 Å². The molecule has 0 aliphatic rings. The van der Waals surface area contributed by atoms with Gasteiger partial charge in [-0.15, -0.1) is 0 Å². The number of benzene rings is 1. The summed E-state index contributed by atoms with van der Waals surface area (Å²) in [7, 11) is 0. The highest BCUT2D eigenvalue weighted by molar-refractivity contribution is 7.99. The maximum atomic E-state index is 12.7. The lowest BCUT2D eigenvalue weighted by molar-refractivity contribution is -0.137. The van der Waals surface area contributed by atoms with Gasteiger partial charge in [0.1, 0.15) is 0 Å². The second-order valence-electron chi connectivity index (χ2n) is 5.06. The standard InChI is InChI=1S/C15H22F3NS/c1-5-19-14(9-20-10(2)3)13-7-6-12(8-11(13)4)15(16,17)18/h6-8,10,14,19H,5,9H2,1-4H3. The Bertz CT molecular complexity index is 430. The summed E-state index contributed by atoms with van der Waals surface area (Å²) in [6, 6.07) is 4.10. The molecule has 0 saturated carbocycles. The van der Waals surface area contributed by atoms with E-state index in [1.807, 2.05) is 18.7 Å². The van der Waals surface area contributed by atoms with Crippen LogP contribution in [0.15, 0.2) is 18.2 Å². The van der Waals surface area contributed by atoms with Gasteiger partial charge in [0.2, 0.25) is 0 Å². The Morgan fingerprint density at radius 2 is 1.90 bits per heavy atom. The van der Waals surface area contributed by atoms with Gasteiger partial charge in [-0.2, -0.15) is 24.9 Å². The highest BCUT2D eigenvalue weighted by Crippen LogP contribution is 2.32. The zero-order chi connectivity index (χ0) is 15.3. The van der Waals surface area contributed by atoms with Crippen LogP contribution in [0.2, 0.25) is 0 Å². The summed E-state index contributed by atoms with van der Waals surface area (Å²) in [5, 5.41) is 3.86. The Kier molecular flexibility index (Phi) is 6.40. The van der Waals surface area contributed by atoms with Crippen molar-refractivity contribution in [1.29, 1.82) is 0 Å². The van der Waals surface area contributed by atoms with Crippen LogP contribution in [0.4, 0.5) is 13.2 Å². The quantitative estimate of drug-likeness (QED) is 0.809. The zero-order valence-corrected chi connectivity index (χ0v) is 13.2. The van der Waals surface area contributed by atoms with E-state index in [1.54, 1.807) is 13.0 Å². The second kappa shape index (κ2) is 7.36. The van der Waals surface area contributed by atoms with Gasteiger partial charge in [-0.05, 0) is 42.0 Å². The first-order chi connectivity index (χ1) is 9.25.